The lowest BCUT2D eigenvalue weighted by Gasteiger charge is -2.11. The van der Waals surface area contributed by atoms with Gasteiger partial charge in [0.15, 0.2) is 0 Å². The van der Waals surface area contributed by atoms with Crippen LogP contribution in [0.25, 0.3) is 0 Å². The molecule has 0 aliphatic rings. The van der Waals surface area contributed by atoms with Crippen LogP contribution in [0.1, 0.15) is 25.0 Å². The molecule has 0 saturated heterocycles. The van der Waals surface area contributed by atoms with Gasteiger partial charge in [-0.15, -0.1) is 11.8 Å². The van der Waals surface area contributed by atoms with Gasteiger partial charge in [0, 0.05) is 4.90 Å². The number of primary amides is 1. The molecule has 0 atom stereocenters. The second-order valence-corrected chi connectivity index (χ2v) is 7.41. The maximum atomic E-state index is 12.3. The lowest BCUT2D eigenvalue weighted by Crippen LogP contribution is -2.16. The molecule has 4 nitrogen and oxygen atoms in total. The Balaban J connectivity index is 1.97. The van der Waals surface area contributed by atoms with Gasteiger partial charge in [-0.25, -0.2) is 0 Å². The van der Waals surface area contributed by atoms with Crippen LogP contribution in [-0.2, 0) is 22.4 Å². The van der Waals surface area contributed by atoms with Crippen molar-refractivity contribution in [1.82, 2.24) is 0 Å². The lowest BCUT2D eigenvalue weighted by molar-refractivity contribution is -0.116. The normalized spacial score (nSPS) is 10.7. The van der Waals surface area contributed by atoms with Crippen LogP contribution in [0.5, 0.6) is 0 Å². The van der Waals surface area contributed by atoms with E-state index >= 15 is 0 Å². The smallest absolute Gasteiger partial charge is 0.228 e. The first kappa shape index (κ1) is 19.1. The summed E-state index contributed by atoms with van der Waals surface area (Å²) in [5.74, 6) is 0.337. The maximum absolute atomic E-state index is 12.3. The molecule has 2 aromatic rings. The van der Waals surface area contributed by atoms with Crippen LogP contribution >= 0.6 is 11.8 Å². The minimum Gasteiger partial charge on any atom is -0.369 e. The Kier molecular flexibility index (Phi) is 7.07. The van der Waals surface area contributed by atoms with E-state index in [0.29, 0.717) is 18.0 Å². The summed E-state index contributed by atoms with van der Waals surface area (Å²) in [6.45, 7) is 4.38. The third kappa shape index (κ3) is 6.63. The number of para-hydroxylation sites is 1. The monoisotopic (exact) mass is 356 g/mol. The second-order valence-electron chi connectivity index (χ2n) is 6.39. The number of amides is 2. The second kappa shape index (κ2) is 9.28. The van der Waals surface area contributed by atoms with Crippen molar-refractivity contribution in [3.05, 3.63) is 59.7 Å². The van der Waals surface area contributed by atoms with Crippen molar-refractivity contribution in [2.75, 3.05) is 11.1 Å². The molecule has 0 aliphatic heterocycles. The van der Waals surface area contributed by atoms with Gasteiger partial charge in [-0.2, -0.15) is 0 Å². The first-order valence-corrected chi connectivity index (χ1v) is 9.30. The summed E-state index contributed by atoms with van der Waals surface area (Å²) < 4.78 is 0. The Hall–Kier alpha value is -2.27. The summed E-state index contributed by atoms with van der Waals surface area (Å²) in [6.07, 6.45) is 1.35. The van der Waals surface area contributed by atoms with Gasteiger partial charge in [0.1, 0.15) is 0 Å². The zero-order valence-corrected chi connectivity index (χ0v) is 15.4. The van der Waals surface area contributed by atoms with Crippen molar-refractivity contribution in [2.24, 2.45) is 11.7 Å². The molecule has 2 aromatic carbocycles. The third-order valence-electron chi connectivity index (χ3n) is 3.56. The number of hydrogen-bond donors (Lipinski definition) is 2. The quantitative estimate of drug-likeness (QED) is 0.709. The third-order valence-corrected chi connectivity index (χ3v) is 4.66. The van der Waals surface area contributed by atoms with Gasteiger partial charge < -0.3 is 11.1 Å². The molecular formula is C20H24N2O2S. The average Bonchev–Trinajstić information content (AvgIpc) is 2.55. The standard InChI is InChI=1S/C20H24N2O2S/c1-14(2)11-15-7-9-16(10-8-15)12-20(24)22-17-5-3-4-6-18(17)25-13-19(21)23/h3-10,14H,11-13H2,1-2H3,(H2,21,23)(H,22,24). The molecule has 2 rings (SSSR count). The van der Waals surface area contributed by atoms with E-state index in [0.717, 1.165) is 16.9 Å². The molecule has 132 valence electrons. The highest BCUT2D eigenvalue weighted by Gasteiger charge is 2.09. The molecular weight excluding hydrogens is 332 g/mol. The maximum Gasteiger partial charge on any atom is 0.228 e. The predicted octanol–water partition coefficient (Wildman–Crippen LogP) is 3.64. The minimum atomic E-state index is -0.382. The Morgan fingerprint density at radius 1 is 1.04 bits per heavy atom. The molecule has 0 spiro atoms. The molecule has 0 aromatic heterocycles. The summed E-state index contributed by atoms with van der Waals surface area (Å²) in [7, 11) is 0. The molecule has 0 heterocycles. The zero-order chi connectivity index (χ0) is 18.2. The molecule has 0 fully saturated rings. The van der Waals surface area contributed by atoms with Gasteiger partial charge in [-0.1, -0.05) is 50.2 Å². The summed E-state index contributed by atoms with van der Waals surface area (Å²) in [5.41, 5.74) is 8.16. The van der Waals surface area contributed by atoms with E-state index in [1.54, 1.807) is 0 Å². The van der Waals surface area contributed by atoms with E-state index in [4.69, 9.17) is 5.73 Å². The highest BCUT2D eigenvalue weighted by molar-refractivity contribution is 8.00. The molecule has 0 aliphatic carbocycles. The largest absolute Gasteiger partial charge is 0.369 e. The molecule has 2 amide bonds. The van der Waals surface area contributed by atoms with Crippen LogP contribution in [0.4, 0.5) is 5.69 Å². The number of hydrogen-bond acceptors (Lipinski definition) is 3. The van der Waals surface area contributed by atoms with Gasteiger partial charge in [-0.3, -0.25) is 9.59 Å². The van der Waals surface area contributed by atoms with Crippen LogP contribution in [0, 0.1) is 5.92 Å². The summed E-state index contributed by atoms with van der Waals surface area (Å²) >= 11 is 1.32. The summed E-state index contributed by atoms with van der Waals surface area (Å²) in [6, 6.07) is 15.6. The molecule has 5 heteroatoms. The van der Waals surface area contributed by atoms with Gasteiger partial charge in [0.05, 0.1) is 17.9 Å². The highest BCUT2D eigenvalue weighted by atomic mass is 32.2. The average molecular weight is 356 g/mol. The van der Waals surface area contributed by atoms with Crippen molar-refractivity contribution in [1.29, 1.82) is 0 Å². The molecule has 0 radical (unpaired) electrons. The van der Waals surface area contributed by atoms with Crippen molar-refractivity contribution < 1.29 is 9.59 Å². The number of benzene rings is 2. The molecule has 3 N–H and O–H groups in total. The Morgan fingerprint density at radius 2 is 1.68 bits per heavy atom. The van der Waals surface area contributed by atoms with Crippen molar-refractivity contribution in [2.45, 2.75) is 31.6 Å². The Labute approximate surface area is 153 Å². The van der Waals surface area contributed by atoms with Crippen LogP contribution in [-0.4, -0.2) is 17.6 Å². The summed E-state index contributed by atoms with van der Waals surface area (Å²) in [5, 5.41) is 2.92. The number of thioether (sulfide) groups is 1. The van der Waals surface area contributed by atoms with E-state index in [1.807, 2.05) is 36.4 Å². The number of anilines is 1. The fourth-order valence-corrected chi connectivity index (χ4v) is 3.24. The predicted molar refractivity (Wildman–Crippen MR) is 104 cm³/mol. The molecule has 0 bridgehead atoms. The molecule has 0 saturated carbocycles. The van der Waals surface area contributed by atoms with E-state index in [-0.39, 0.29) is 17.6 Å². The zero-order valence-electron chi connectivity index (χ0n) is 14.6. The fraction of sp³-hybridized carbons (Fsp3) is 0.300. The van der Waals surface area contributed by atoms with Crippen molar-refractivity contribution in [3.63, 3.8) is 0 Å². The Morgan fingerprint density at radius 3 is 2.32 bits per heavy atom. The van der Waals surface area contributed by atoms with Crippen molar-refractivity contribution >= 4 is 29.3 Å². The van der Waals surface area contributed by atoms with Crippen molar-refractivity contribution in [3.8, 4) is 0 Å². The topological polar surface area (TPSA) is 72.2 Å². The number of carbonyl (C=O) groups is 2. The van der Waals surface area contributed by atoms with Crippen LogP contribution in [0.3, 0.4) is 0 Å². The van der Waals surface area contributed by atoms with E-state index in [9.17, 15) is 9.59 Å². The molecule has 25 heavy (non-hydrogen) atoms. The fourth-order valence-electron chi connectivity index (χ4n) is 2.49. The van der Waals surface area contributed by atoms with Crippen LogP contribution in [0.15, 0.2) is 53.4 Å². The van der Waals surface area contributed by atoms with E-state index in [1.165, 1.54) is 17.3 Å². The highest BCUT2D eigenvalue weighted by Crippen LogP contribution is 2.26. The molecule has 0 unspecified atom stereocenters. The van der Waals surface area contributed by atoms with Crippen LogP contribution in [0.2, 0.25) is 0 Å². The van der Waals surface area contributed by atoms with Gasteiger partial charge in [-0.05, 0) is 35.6 Å². The number of rotatable bonds is 8. The SMILES string of the molecule is CC(C)Cc1ccc(CC(=O)Nc2ccccc2SCC(N)=O)cc1. The lowest BCUT2D eigenvalue weighted by atomic mass is 10.0. The summed E-state index contributed by atoms with van der Waals surface area (Å²) in [4.78, 5) is 24.1. The van der Waals surface area contributed by atoms with Gasteiger partial charge in [0.25, 0.3) is 0 Å². The minimum absolute atomic E-state index is 0.0799. The van der Waals surface area contributed by atoms with Crippen LogP contribution < -0.4 is 11.1 Å². The van der Waals surface area contributed by atoms with E-state index < -0.39 is 0 Å². The first-order valence-electron chi connectivity index (χ1n) is 8.32. The Bertz CT molecular complexity index is 727. The number of carbonyl (C=O) groups excluding carboxylic acids is 2. The first-order chi connectivity index (χ1) is 11.9. The number of nitrogens with two attached hydrogens (primary N) is 1. The number of nitrogens with one attached hydrogen (secondary N) is 1. The van der Waals surface area contributed by atoms with E-state index in [2.05, 4.69) is 31.3 Å². The van der Waals surface area contributed by atoms with Gasteiger partial charge >= 0.3 is 0 Å². The van der Waals surface area contributed by atoms with Gasteiger partial charge in [0.2, 0.25) is 11.8 Å².